The molecular formula is C18H19N3O. The number of hydrogen-bond donors (Lipinski definition) is 2. The van der Waals surface area contributed by atoms with Crippen LogP contribution in [-0.4, -0.2) is 9.97 Å². The number of nitrogens with zero attached hydrogens (tertiary/aromatic N) is 1. The van der Waals surface area contributed by atoms with E-state index in [4.69, 9.17) is 0 Å². The molecule has 3 rings (SSSR count). The van der Waals surface area contributed by atoms with E-state index >= 15 is 0 Å². The van der Waals surface area contributed by atoms with Crippen molar-refractivity contribution in [2.75, 3.05) is 0 Å². The van der Waals surface area contributed by atoms with Crippen LogP contribution in [-0.2, 0) is 19.5 Å². The molecule has 0 aliphatic carbocycles. The quantitative estimate of drug-likeness (QED) is 0.760. The van der Waals surface area contributed by atoms with Crippen LogP contribution in [0, 0.1) is 0 Å². The van der Waals surface area contributed by atoms with Gasteiger partial charge in [0.05, 0.1) is 0 Å². The summed E-state index contributed by atoms with van der Waals surface area (Å²) in [5, 5.41) is 4.37. The maximum atomic E-state index is 12.1. The zero-order chi connectivity index (χ0) is 15.4. The van der Waals surface area contributed by atoms with Crippen molar-refractivity contribution in [3.05, 3.63) is 75.8 Å². The molecule has 3 aromatic rings. The molecule has 0 aliphatic heterocycles. The molecule has 22 heavy (non-hydrogen) atoms. The third kappa shape index (κ3) is 3.23. The molecule has 0 spiro atoms. The Kier molecular flexibility index (Phi) is 4.30. The van der Waals surface area contributed by atoms with E-state index in [1.165, 1.54) is 5.56 Å². The van der Waals surface area contributed by atoms with E-state index in [2.05, 4.69) is 34.3 Å². The Balaban J connectivity index is 1.78. The third-order valence-electron chi connectivity index (χ3n) is 3.76. The normalized spacial score (nSPS) is 11.0. The van der Waals surface area contributed by atoms with E-state index in [9.17, 15) is 4.79 Å². The van der Waals surface area contributed by atoms with Crippen molar-refractivity contribution >= 4 is 10.9 Å². The zero-order valence-corrected chi connectivity index (χ0v) is 12.6. The lowest BCUT2D eigenvalue weighted by Gasteiger charge is -2.07. The summed E-state index contributed by atoms with van der Waals surface area (Å²) in [5.41, 5.74) is 3.99. The summed E-state index contributed by atoms with van der Waals surface area (Å²) >= 11 is 0. The van der Waals surface area contributed by atoms with Crippen LogP contribution >= 0.6 is 0 Å². The minimum atomic E-state index is -0.0320. The van der Waals surface area contributed by atoms with Crippen molar-refractivity contribution in [2.45, 2.75) is 26.4 Å². The van der Waals surface area contributed by atoms with Crippen LogP contribution in [0.5, 0.6) is 0 Å². The van der Waals surface area contributed by atoms with E-state index in [1.807, 2.05) is 30.5 Å². The highest BCUT2D eigenvalue weighted by Crippen LogP contribution is 2.14. The SMILES string of the molecule is CCc1ccc2[nH]c(=O)c(CNCc3cccnc3)cc2c1. The molecule has 0 atom stereocenters. The summed E-state index contributed by atoms with van der Waals surface area (Å²) in [4.78, 5) is 19.2. The topological polar surface area (TPSA) is 57.8 Å². The average Bonchev–Trinajstić information content (AvgIpc) is 2.56. The molecule has 4 heteroatoms. The van der Waals surface area contributed by atoms with Crippen LogP contribution in [0.25, 0.3) is 10.9 Å². The maximum Gasteiger partial charge on any atom is 0.252 e. The number of fused-ring (bicyclic) bond motifs is 1. The molecule has 2 heterocycles. The summed E-state index contributed by atoms with van der Waals surface area (Å²) < 4.78 is 0. The number of aryl methyl sites for hydroxylation is 1. The Labute approximate surface area is 129 Å². The molecule has 2 aromatic heterocycles. The number of pyridine rings is 2. The van der Waals surface area contributed by atoms with Gasteiger partial charge in [-0.25, -0.2) is 0 Å². The lowest BCUT2D eigenvalue weighted by molar-refractivity contribution is 0.687. The summed E-state index contributed by atoms with van der Waals surface area (Å²) in [6.07, 6.45) is 4.57. The Morgan fingerprint density at radius 3 is 2.82 bits per heavy atom. The van der Waals surface area contributed by atoms with Crippen molar-refractivity contribution in [1.82, 2.24) is 15.3 Å². The van der Waals surface area contributed by atoms with E-state index in [0.717, 1.165) is 28.5 Å². The molecule has 112 valence electrons. The third-order valence-corrected chi connectivity index (χ3v) is 3.76. The maximum absolute atomic E-state index is 12.1. The Morgan fingerprint density at radius 2 is 2.05 bits per heavy atom. The highest BCUT2D eigenvalue weighted by atomic mass is 16.1. The molecule has 0 bridgehead atoms. The Hall–Kier alpha value is -2.46. The standard InChI is InChI=1S/C18H19N3O/c1-2-13-5-6-17-15(8-13)9-16(18(22)21-17)12-20-11-14-4-3-7-19-10-14/h3-10,20H,2,11-12H2,1H3,(H,21,22). The van der Waals surface area contributed by atoms with Gasteiger partial charge in [-0.3, -0.25) is 9.78 Å². The van der Waals surface area contributed by atoms with E-state index in [1.54, 1.807) is 6.20 Å². The summed E-state index contributed by atoms with van der Waals surface area (Å²) in [7, 11) is 0. The first-order valence-corrected chi connectivity index (χ1v) is 7.50. The Bertz CT molecular complexity index is 825. The number of aromatic nitrogens is 2. The fraction of sp³-hybridized carbons (Fsp3) is 0.222. The lowest BCUT2D eigenvalue weighted by Crippen LogP contribution is -2.20. The second kappa shape index (κ2) is 6.54. The second-order valence-electron chi connectivity index (χ2n) is 5.36. The van der Waals surface area contributed by atoms with Crippen molar-refractivity contribution in [2.24, 2.45) is 0 Å². The number of H-pyrrole nitrogens is 1. The molecule has 0 saturated carbocycles. The second-order valence-corrected chi connectivity index (χ2v) is 5.36. The minimum absolute atomic E-state index is 0.0320. The monoisotopic (exact) mass is 293 g/mol. The van der Waals surface area contributed by atoms with Gasteiger partial charge in [0.25, 0.3) is 5.56 Å². The fourth-order valence-electron chi connectivity index (χ4n) is 2.50. The molecule has 0 aliphatic rings. The van der Waals surface area contributed by atoms with Crippen LogP contribution in [0.1, 0.15) is 23.6 Å². The predicted molar refractivity (Wildman–Crippen MR) is 88.7 cm³/mol. The molecule has 0 saturated heterocycles. The average molecular weight is 293 g/mol. The van der Waals surface area contributed by atoms with Crippen LogP contribution in [0.3, 0.4) is 0 Å². The number of benzene rings is 1. The molecule has 0 amide bonds. The van der Waals surface area contributed by atoms with Crippen LogP contribution < -0.4 is 10.9 Å². The van der Waals surface area contributed by atoms with Gasteiger partial charge in [-0.15, -0.1) is 0 Å². The molecule has 1 aromatic carbocycles. The van der Waals surface area contributed by atoms with E-state index in [-0.39, 0.29) is 5.56 Å². The van der Waals surface area contributed by atoms with Crippen LogP contribution in [0.4, 0.5) is 0 Å². The van der Waals surface area contributed by atoms with Gasteiger partial charge >= 0.3 is 0 Å². The zero-order valence-electron chi connectivity index (χ0n) is 12.6. The first kappa shape index (κ1) is 14.5. The van der Waals surface area contributed by atoms with Crippen LogP contribution in [0.2, 0.25) is 0 Å². The molecule has 0 radical (unpaired) electrons. The molecule has 2 N–H and O–H groups in total. The largest absolute Gasteiger partial charge is 0.322 e. The van der Waals surface area contributed by atoms with Crippen molar-refractivity contribution in [3.63, 3.8) is 0 Å². The summed E-state index contributed by atoms with van der Waals surface area (Å²) in [6, 6.07) is 12.1. The summed E-state index contributed by atoms with van der Waals surface area (Å²) in [5.74, 6) is 0. The summed E-state index contributed by atoms with van der Waals surface area (Å²) in [6.45, 7) is 3.36. The lowest BCUT2D eigenvalue weighted by atomic mass is 10.1. The van der Waals surface area contributed by atoms with Gasteiger partial charge in [0.2, 0.25) is 0 Å². The fourth-order valence-corrected chi connectivity index (χ4v) is 2.50. The highest BCUT2D eigenvalue weighted by Gasteiger charge is 2.03. The first-order valence-electron chi connectivity index (χ1n) is 7.50. The van der Waals surface area contributed by atoms with Crippen molar-refractivity contribution in [3.8, 4) is 0 Å². The molecular weight excluding hydrogens is 274 g/mol. The predicted octanol–water partition coefficient (Wildman–Crippen LogP) is 2.78. The molecule has 0 fully saturated rings. The van der Waals surface area contributed by atoms with Crippen molar-refractivity contribution < 1.29 is 0 Å². The van der Waals surface area contributed by atoms with Gasteiger partial charge in [0, 0.05) is 36.6 Å². The number of rotatable bonds is 5. The van der Waals surface area contributed by atoms with Gasteiger partial charge in [0.1, 0.15) is 0 Å². The van der Waals surface area contributed by atoms with Gasteiger partial charge in [-0.2, -0.15) is 0 Å². The smallest absolute Gasteiger partial charge is 0.252 e. The molecule has 4 nitrogen and oxygen atoms in total. The van der Waals surface area contributed by atoms with E-state index in [0.29, 0.717) is 13.1 Å². The van der Waals surface area contributed by atoms with Gasteiger partial charge in [-0.1, -0.05) is 19.1 Å². The van der Waals surface area contributed by atoms with E-state index < -0.39 is 0 Å². The van der Waals surface area contributed by atoms with Crippen LogP contribution in [0.15, 0.2) is 53.6 Å². The number of nitrogens with one attached hydrogen (secondary N) is 2. The molecule has 0 unspecified atom stereocenters. The highest BCUT2D eigenvalue weighted by molar-refractivity contribution is 5.79. The van der Waals surface area contributed by atoms with Gasteiger partial charge < -0.3 is 10.3 Å². The van der Waals surface area contributed by atoms with Crippen molar-refractivity contribution in [1.29, 1.82) is 0 Å². The van der Waals surface area contributed by atoms with Gasteiger partial charge in [-0.05, 0) is 47.2 Å². The first-order chi connectivity index (χ1) is 10.8. The Morgan fingerprint density at radius 1 is 1.14 bits per heavy atom. The number of aromatic amines is 1. The van der Waals surface area contributed by atoms with Gasteiger partial charge in [0.15, 0.2) is 0 Å². The number of hydrogen-bond acceptors (Lipinski definition) is 3. The minimum Gasteiger partial charge on any atom is -0.322 e.